The molecule has 1 unspecified atom stereocenters. The first-order valence-electron chi connectivity index (χ1n) is 7.37. The number of likely N-dealkylation sites (tertiary alicyclic amines) is 1. The topological polar surface area (TPSA) is 70.5 Å². The Hall–Kier alpha value is -1.91. The van der Waals surface area contributed by atoms with Gasteiger partial charge in [0.25, 0.3) is 0 Å². The first kappa shape index (κ1) is 15.5. The average Bonchev–Trinajstić information content (AvgIpc) is 2.92. The number of pyridine rings is 1. The van der Waals surface area contributed by atoms with Crippen LogP contribution in [0.2, 0.25) is 0 Å². The van der Waals surface area contributed by atoms with Crippen LogP contribution < -0.4 is 0 Å². The molecule has 1 amide bonds. The number of carboxylic acids is 1. The fourth-order valence-corrected chi connectivity index (χ4v) is 2.88. The summed E-state index contributed by atoms with van der Waals surface area (Å²) in [5, 5.41) is 9.49. The Labute approximate surface area is 125 Å². The molecule has 1 aliphatic heterocycles. The maximum Gasteiger partial charge on any atom is 0.311 e. The van der Waals surface area contributed by atoms with Crippen molar-refractivity contribution in [3.63, 3.8) is 0 Å². The largest absolute Gasteiger partial charge is 0.481 e. The first-order valence-corrected chi connectivity index (χ1v) is 7.37. The molecule has 0 bridgehead atoms. The smallest absolute Gasteiger partial charge is 0.311 e. The van der Waals surface area contributed by atoms with Gasteiger partial charge in [0.1, 0.15) is 0 Å². The zero-order chi connectivity index (χ0) is 15.5. The van der Waals surface area contributed by atoms with Crippen LogP contribution in [-0.2, 0) is 16.0 Å². The summed E-state index contributed by atoms with van der Waals surface area (Å²) in [5.74, 6) is -0.759. The second kappa shape index (κ2) is 6.24. The summed E-state index contributed by atoms with van der Waals surface area (Å²) in [6.45, 7) is 4.68. The van der Waals surface area contributed by atoms with Crippen molar-refractivity contribution in [1.82, 2.24) is 9.88 Å². The molecular weight excluding hydrogens is 268 g/mol. The molecule has 2 rings (SSSR count). The molecule has 0 aliphatic carbocycles. The lowest BCUT2D eigenvalue weighted by atomic mass is 9.76. The SMILES string of the molecule is CC(C)C1(C(=O)O)CCN(C(=O)CCc2ccccn2)C1. The molecule has 1 aliphatic rings. The molecular formula is C16H22N2O3. The number of amides is 1. The van der Waals surface area contributed by atoms with Gasteiger partial charge in [-0.2, -0.15) is 0 Å². The van der Waals surface area contributed by atoms with E-state index in [-0.39, 0.29) is 11.8 Å². The number of nitrogens with zero attached hydrogens (tertiary/aromatic N) is 2. The summed E-state index contributed by atoms with van der Waals surface area (Å²) >= 11 is 0. The van der Waals surface area contributed by atoms with Crippen molar-refractivity contribution in [3.8, 4) is 0 Å². The van der Waals surface area contributed by atoms with E-state index in [4.69, 9.17) is 0 Å². The summed E-state index contributed by atoms with van der Waals surface area (Å²) in [6, 6.07) is 5.64. The summed E-state index contributed by atoms with van der Waals surface area (Å²) < 4.78 is 0. The summed E-state index contributed by atoms with van der Waals surface area (Å²) in [6.07, 6.45) is 3.22. The molecule has 1 aromatic heterocycles. The number of aryl methyl sites for hydroxylation is 1. The van der Waals surface area contributed by atoms with Gasteiger partial charge in [0.15, 0.2) is 0 Å². The van der Waals surface area contributed by atoms with E-state index in [2.05, 4.69) is 4.98 Å². The quantitative estimate of drug-likeness (QED) is 0.900. The van der Waals surface area contributed by atoms with Crippen LogP contribution in [0.25, 0.3) is 0 Å². The predicted octanol–water partition coefficient (Wildman–Crippen LogP) is 1.97. The highest BCUT2D eigenvalue weighted by molar-refractivity contribution is 5.81. The van der Waals surface area contributed by atoms with Gasteiger partial charge >= 0.3 is 5.97 Å². The highest BCUT2D eigenvalue weighted by atomic mass is 16.4. The number of aliphatic carboxylic acids is 1. The third-order valence-electron chi connectivity index (χ3n) is 4.51. The van der Waals surface area contributed by atoms with Crippen molar-refractivity contribution < 1.29 is 14.7 Å². The number of carbonyl (C=O) groups excluding carboxylic acids is 1. The van der Waals surface area contributed by atoms with E-state index in [1.54, 1.807) is 11.1 Å². The minimum Gasteiger partial charge on any atom is -0.481 e. The van der Waals surface area contributed by atoms with E-state index in [0.717, 1.165) is 5.69 Å². The van der Waals surface area contributed by atoms with Gasteiger partial charge in [-0.25, -0.2) is 0 Å². The summed E-state index contributed by atoms with van der Waals surface area (Å²) in [5.41, 5.74) is 0.0964. The van der Waals surface area contributed by atoms with E-state index >= 15 is 0 Å². The zero-order valence-electron chi connectivity index (χ0n) is 12.6. The van der Waals surface area contributed by atoms with Crippen LogP contribution in [0.4, 0.5) is 0 Å². The molecule has 1 atom stereocenters. The molecule has 1 N–H and O–H groups in total. The summed E-state index contributed by atoms with van der Waals surface area (Å²) in [4.78, 5) is 29.7. The van der Waals surface area contributed by atoms with Crippen LogP contribution >= 0.6 is 0 Å². The van der Waals surface area contributed by atoms with E-state index in [1.165, 1.54) is 0 Å². The number of hydrogen-bond acceptors (Lipinski definition) is 3. The number of aromatic nitrogens is 1. The van der Waals surface area contributed by atoms with Crippen molar-refractivity contribution in [3.05, 3.63) is 30.1 Å². The van der Waals surface area contributed by atoms with Crippen LogP contribution in [-0.4, -0.2) is 40.0 Å². The number of carbonyl (C=O) groups is 2. The Morgan fingerprint density at radius 3 is 2.71 bits per heavy atom. The molecule has 5 nitrogen and oxygen atoms in total. The maximum absolute atomic E-state index is 12.3. The van der Waals surface area contributed by atoms with Gasteiger partial charge in [-0.3, -0.25) is 14.6 Å². The minimum atomic E-state index is -0.794. The van der Waals surface area contributed by atoms with Crippen LogP contribution in [0.3, 0.4) is 0 Å². The van der Waals surface area contributed by atoms with E-state index in [1.807, 2.05) is 32.0 Å². The van der Waals surface area contributed by atoms with Gasteiger partial charge in [-0.15, -0.1) is 0 Å². The van der Waals surface area contributed by atoms with E-state index in [0.29, 0.717) is 32.4 Å². The molecule has 1 saturated heterocycles. The van der Waals surface area contributed by atoms with Crippen molar-refractivity contribution in [2.75, 3.05) is 13.1 Å². The van der Waals surface area contributed by atoms with Gasteiger partial charge in [0.05, 0.1) is 5.41 Å². The second-order valence-electron chi connectivity index (χ2n) is 6.00. The van der Waals surface area contributed by atoms with Crippen LogP contribution in [0.5, 0.6) is 0 Å². The molecule has 1 fully saturated rings. The lowest BCUT2D eigenvalue weighted by Gasteiger charge is -2.28. The normalized spacial score (nSPS) is 21.8. The van der Waals surface area contributed by atoms with Crippen molar-refractivity contribution in [2.24, 2.45) is 11.3 Å². The molecule has 0 saturated carbocycles. The standard InChI is InChI=1S/C16H22N2O3/c1-12(2)16(15(20)21)8-10-18(11-16)14(19)7-6-13-5-3-4-9-17-13/h3-5,9,12H,6-8,10-11H2,1-2H3,(H,20,21). The molecule has 1 aromatic rings. The second-order valence-corrected chi connectivity index (χ2v) is 6.00. The van der Waals surface area contributed by atoms with Crippen molar-refractivity contribution in [2.45, 2.75) is 33.1 Å². The lowest BCUT2D eigenvalue weighted by molar-refractivity contribution is -0.151. The Bertz CT molecular complexity index is 516. The van der Waals surface area contributed by atoms with E-state index < -0.39 is 11.4 Å². The number of hydrogen-bond donors (Lipinski definition) is 1. The van der Waals surface area contributed by atoms with Crippen molar-refractivity contribution >= 4 is 11.9 Å². The highest BCUT2D eigenvalue weighted by Crippen LogP contribution is 2.38. The Morgan fingerprint density at radius 2 is 2.19 bits per heavy atom. The van der Waals surface area contributed by atoms with Crippen molar-refractivity contribution in [1.29, 1.82) is 0 Å². The molecule has 5 heteroatoms. The molecule has 0 spiro atoms. The fraction of sp³-hybridized carbons (Fsp3) is 0.562. The van der Waals surface area contributed by atoms with Gasteiger partial charge in [-0.1, -0.05) is 19.9 Å². The van der Waals surface area contributed by atoms with E-state index in [9.17, 15) is 14.7 Å². The van der Waals surface area contributed by atoms with Gasteiger partial charge < -0.3 is 10.0 Å². The van der Waals surface area contributed by atoms with Crippen LogP contribution in [0, 0.1) is 11.3 Å². The Morgan fingerprint density at radius 1 is 1.43 bits per heavy atom. The molecule has 114 valence electrons. The monoisotopic (exact) mass is 290 g/mol. The first-order chi connectivity index (χ1) is 9.95. The molecule has 0 aromatic carbocycles. The maximum atomic E-state index is 12.3. The number of carboxylic acid groups (broad SMARTS) is 1. The Balaban J connectivity index is 1.94. The Kier molecular flexibility index (Phi) is 4.60. The molecule has 2 heterocycles. The number of rotatable bonds is 5. The van der Waals surface area contributed by atoms with Gasteiger partial charge in [0, 0.05) is 31.4 Å². The van der Waals surface area contributed by atoms with Gasteiger partial charge in [0.2, 0.25) is 5.91 Å². The fourth-order valence-electron chi connectivity index (χ4n) is 2.88. The minimum absolute atomic E-state index is 0.0172. The van der Waals surface area contributed by atoms with Crippen LogP contribution in [0.15, 0.2) is 24.4 Å². The highest BCUT2D eigenvalue weighted by Gasteiger charge is 2.48. The predicted molar refractivity (Wildman–Crippen MR) is 78.7 cm³/mol. The average molecular weight is 290 g/mol. The third kappa shape index (κ3) is 3.23. The van der Waals surface area contributed by atoms with Crippen LogP contribution in [0.1, 0.15) is 32.4 Å². The molecule has 0 radical (unpaired) electrons. The summed E-state index contributed by atoms with van der Waals surface area (Å²) in [7, 11) is 0. The zero-order valence-corrected chi connectivity index (χ0v) is 12.6. The third-order valence-corrected chi connectivity index (χ3v) is 4.51. The molecule has 21 heavy (non-hydrogen) atoms. The van der Waals surface area contributed by atoms with Gasteiger partial charge in [-0.05, 0) is 30.9 Å². The lowest BCUT2D eigenvalue weighted by Crippen LogP contribution is -2.40.